The van der Waals surface area contributed by atoms with Gasteiger partial charge in [-0.2, -0.15) is 4.98 Å². The van der Waals surface area contributed by atoms with Crippen molar-refractivity contribution < 1.29 is 9.18 Å². The number of rotatable bonds is 12. The van der Waals surface area contributed by atoms with Gasteiger partial charge in [-0.1, -0.05) is 70.7 Å². The van der Waals surface area contributed by atoms with Crippen molar-refractivity contribution in [2.45, 2.75) is 59.4 Å². The van der Waals surface area contributed by atoms with Crippen LogP contribution in [0.4, 0.5) is 10.2 Å². The Hall–Kier alpha value is -4.31. The Morgan fingerprint density at radius 1 is 1.18 bits per heavy atom. The number of aryl methyl sites for hydroxylation is 1. The second-order valence-corrected chi connectivity index (χ2v) is 11.5. The zero-order chi connectivity index (χ0) is 33.0. The Balaban J connectivity index is 2.09. The second kappa shape index (κ2) is 14.2. The molecule has 8 nitrogen and oxygen atoms in total. The predicted molar refractivity (Wildman–Crippen MR) is 182 cm³/mol. The van der Waals surface area contributed by atoms with Crippen LogP contribution >= 0.6 is 11.6 Å². The first-order valence-corrected chi connectivity index (χ1v) is 15.3. The maximum Gasteiger partial charge on any atom is 0.355 e. The summed E-state index contributed by atoms with van der Waals surface area (Å²) < 4.78 is 16.8. The molecule has 2 radical (unpaired) electrons. The van der Waals surface area contributed by atoms with E-state index in [-0.39, 0.29) is 46.1 Å². The summed E-state index contributed by atoms with van der Waals surface area (Å²) in [7, 11) is 6.65. The molecular formula is C34H37BClFN6O2. The van der Waals surface area contributed by atoms with Gasteiger partial charge in [-0.25, -0.2) is 18.7 Å². The molecule has 0 aliphatic carbocycles. The van der Waals surface area contributed by atoms with E-state index < -0.39 is 17.5 Å². The first kappa shape index (κ1) is 33.6. The highest BCUT2D eigenvalue weighted by atomic mass is 35.5. The van der Waals surface area contributed by atoms with E-state index >= 15 is 4.39 Å². The van der Waals surface area contributed by atoms with Crippen molar-refractivity contribution in [2.75, 3.05) is 17.9 Å². The van der Waals surface area contributed by atoms with Gasteiger partial charge >= 0.3 is 5.69 Å². The highest BCUT2D eigenvalue weighted by molar-refractivity contribution is 6.34. The number of fused-ring (bicyclic) bond motifs is 1. The number of carbonyl (C=O) groups is 1. The number of anilines is 1. The second-order valence-electron chi connectivity index (χ2n) is 11.1. The highest BCUT2D eigenvalue weighted by Crippen LogP contribution is 2.37. The lowest BCUT2D eigenvalue weighted by Gasteiger charge is -2.32. The van der Waals surface area contributed by atoms with Crippen LogP contribution in [0.1, 0.15) is 63.8 Å². The van der Waals surface area contributed by atoms with Crippen LogP contribution in [0.15, 0.2) is 60.6 Å². The number of amides is 1. The predicted octanol–water partition coefficient (Wildman–Crippen LogP) is 6.67. The first-order chi connectivity index (χ1) is 21.5. The van der Waals surface area contributed by atoms with E-state index in [1.165, 1.54) is 27.6 Å². The molecule has 11 heteroatoms. The lowest BCUT2D eigenvalue weighted by Crippen LogP contribution is -2.44. The van der Waals surface area contributed by atoms with Crippen LogP contribution in [-0.2, 0) is 11.2 Å². The minimum absolute atomic E-state index is 0.0446. The molecule has 3 heterocycles. The highest BCUT2D eigenvalue weighted by Gasteiger charge is 2.26. The molecule has 0 unspecified atom stereocenters. The molecule has 1 aromatic carbocycles. The van der Waals surface area contributed by atoms with Crippen molar-refractivity contribution in [3.63, 3.8) is 0 Å². The van der Waals surface area contributed by atoms with E-state index in [9.17, 15) is 9.59 Å². The Kier molecular flexibility index (Phi) is 10.6. The minimum atomic E-state index is -0.643. The number of benzene rings is 1. The molecule has 1 atom stereocenters. The molecule has 0 fully saturated rings. The van der Waals surface area contributed by atoms with Crippen molar-refractivity contribution in [3.05, 3.63) is 93.9 Å². The molecule has 0 aliphatic rings. The SMILES string of the molecule is [B]N(c1nc(=O)n(-c2c(CC)ccnc2C(C)C)c2nc(-c3c(F)cccc3C=C)c(Cl)cc12)[C@@H](C)CN(CCC)C(=O)C=C. The van der Waals surface area contributed by atoms with E-state index in [1.807, 2.05) is 40.7 Å². The smallest absolute Gasteiger partial charge is 0.355 e. The first-order valence-electron chi connectivity index (χ1n) is 15.0. The Morgan fingerprint density at radius 2 is 1.91 bits per heavy atom. The van der Waals surface area contributed by atoms with Crippen LogP contribution in [0.3, 0.4) is 0 Å². The van der Waals surface area contributed by atoms with Crippen molar-refractivity contribution in [2.24, 2.45) is 0 Å². The molecule has 0 aliphatic heterocycles. The van der Waals surface area contributed by atoms with Crippen molar-refractivity contribution in [1.82, 2.24) is 24.4 Å². The molecular weight excluding hydrogens is 590 g/mol. The summed E-state index contributed by atoms with van der Waals surface area (Å²) in [5.41, 5.74) is 2.42. The average Bonchev–Trinajstić information content (AvgIpc) is 3.03. The van der Waals surface area contributed by atoms with Crippen LogP contribution in [0.25, 0.3) is 34.1 Å². The van der Waals surface area contributed by atoms with Crippen LogP contribution in [0, 0.1) is 5.82 Å². The quantitative estimate of drug-likeness (QED) is 0.129. The zero-order valence-electron chi connectivity index (χ0n) is 26.3. The third kappa shape index (κ3) is 6.56. The summed E-state index contributed by atoms with van der Waals surface area (Å²) in [6.07, 6.45) is 5.84. The van der Waals surface area contributed by atoms with Crippen LogP contribution < -0.4 is 10.5 Å². The summed E-state index contributed by atoms with van der Waals surface area (Å²) >= 11 is 6.84. The van der Waals surface area contributed by atoms with E-state index in [0.29, 0.717) is 35.3 Å². The van der Waals surface area contributed by atoms with Crippen molar-refractivity contribution in [3.8, 4) is 16.9 Å². The third-order valence-corrected chi connectivity index (χ3v) is 7.96. The molecule has 0 spiro atoms. The van der Waals surface area contributed by atoms with E-state index in [0.717, 1.165) is 12.0 Å². The molecule has 4 rings (SSSR count). The van der Waals surface area contributed by atoms with E-state index in [4.69, 9.17) is 24.6 Å². The lowest BCUT2D eigenvalue weighted by atomic mass is 10.0. The Bertz CT molecular complexity index is 1830. The molecule has 0 saturated heterocycles. The van der Waals surface area contributed by atoms with Gasteiger partial charge in [-0.05, 0) is 61.1 Å². The Labute approximate surface area is 269 Å². The van der Waals surface area contributed by atoms with Gasteiger partial charge in [0.1, 0.15) is 11.6 Å². The molecule has 4 aromatic rings. The maximum atomic E-state index is 15.4. The zero-order valence-corrected chi connectivity index (χ0v) is 27.1. The maximum absolute atomic E-state index is 15.4. The van der Waals surface area contributed by atoms with Gasteiger partial charge in [0, 0.05) is 30.9 Å². The summed E-state index contributed by atoms with van der Waals surface area (Å²) in [6, 6.07) is 7.58. The molecule has 3 aromatic heterocycles. The number of aromatic nitrogens is 4. The lowest BCUT2D eigenvalue weighted by molar-refractivity contribution is -0.126. The largest absolute Gasteiger partial charge is 0.405 e. The van der Waals surface area contributed by atoms with E-state index in [2.05, 4.69) is 23.1 Å². The number of carbonyl (C=O) groups excluding carboxylic acids is 1. The fourth-order valence-corrected chi connectivity index (χ4v) is 5.67. The molecule has 0 bridgehead atoms. The van der Waals surface area contributed by atoms with Gasteiger partial charge < -0.3 is 9.71 Å². The number of hydrogen-bond donors (Lipinski definition) is 0. The van der Waals surface area contributed by atoms with Gasteiger partial charge in [0.25, 0.3) is 0 Å². The Morgan fingerprint density at radius 3 is 2.53 bits per heavy atom. The van der Waals surface area contributed by atoms with Crippen LogP contribution in [-0.4, -0.2) is 57.4 Å². The van der Waals surface area contributed by atoms with Gasteiger partial charge in [0.15, 0.2) is 5.65 Å². The normalized spacial score (nSPS) is 11.9. The molecule has 45 heavy (non-hydrogen) atoms. The standard InChI is InChI=1S/C34H37BClFN6O2/c1-8-17-41(27(44)11-4)19-21(7)43(35)33-24-18-25(36)30(28-22(9-2)13-12-14-26(28)37)39-32(24)42(34(45)40-33)31-23(10-3)15-16-38-29(31)20(5)6/h9,11-16,18,20-21H,2,4,8,10,17,19H2,1,3,5-7H3/t21-/m0/s1. The molecule has 1 amide bonds. The third-order valence-electron chi connectivity index (χ3n) is 7.68. The number of pyridine rings is 2. The topological polar surface area (TPSA) is 84.2 Å². The molecule has 0 N–H and O–H groups in total. The van der Waals surface area contributed by atoms with Crippen LogP contribution in [0.2, 0.25) is 5.02 Å². The van der Waals surface area contributed by atoms with Gasteiger partial charge in [0.2, 0.25) is 13.9 Å². The fraction of sp³-hybridized carbons (Fsp3) is 0.324. The van der Waals surface area contributed by atoms with Gasteiger partial charge in [0.05, 0.1) is 27.5 Å². The average molecular weight is 627 g/mol. The minimum Gasteiger partial charge on any atom is -0.405 e. The fourth-order valence-electron chi connectivity index (χ4n) is 5.42. The number of hydrogen-bond acceptors (Lipinski definition) is 6. The summed E-state index contributed by atoms with van der Waals surface area (Å²) in [4.78, 5) is 43.6. The number of nitrogens with zero attached hydrogens (tertiary/aromatic N) is 6. The van der Waals surface area contributed by atoms with Crippen molar-refractivity contribution >= 4 is 48.4 Å². The molecule has 0 saturated carbocycles. The van der Waals surface area contributed by atoms with Crippen LogP contribution in [0.5, 0.6) is 0 Å². The van der Waals surface area contributed by atoms with E-state index in [1.54, 1.807) is 29.3 Å². The van der Waals surface area contributed by atoms with Gasteiger partial charge in [-0.3, -0.25) is 9.78 Å². The monoisotopic (exact) mass is 626 g/mol. The summed E-state index contributed by atoms with van der Waals surface area (Å²) in [6.45, 7) is 17.9. The summed E-state index contributed by atoms with van der Waals surface area (Å²) in [5.74, 6) is -0.697. The number of halogens is 2. The molecule has 232 valence electrons. The van der Waals surface area contributed by atoms with Crippen molar-refractivity contribution in [1.29, 1.82) is 0 Å². The van der Waals surface area contributed by atoms with Gasteiger partial charge in [-0.15, -0.1) is 0 Å². The summed E-state index contributed by atoms with van der Waals surface area (Å²) in [5, 5.41) is 0.498.